The molecule has 0 aromatic heterocycles. The van der Waals surface area contributed by atoms with Crippen molar-refractivity contribution in [2.24, 2.45) is 0 Å². The lowest BCUT2D eigenvalue weighted by molar-refractivity contribution is 0.0933. The fourth-order valence-corrected chi connectivity index (χ4v) is 4.58. The van der Waals surface area contributed by atoms with Gasteiger partial charge in [0.15, 0.2) is 0 Å². The van der Waals surface area contributed by atoms with Gasteiger partial charge in [0.05, 0.1) is 6.04 Å². The van der Waals surface area contributed by atoms with Crippen molar-refractivity contribution in [2.75, 3.05) is 20.6 Å². The Bertz CT molecular complexity index is 1490. The second-order valence-electron chi connectivity index (χ2n) is 9.37. The highest BCUT2D eigenvalue weighted by Gasteiger charge is 2.17. The smallest absolute Gasteiger partial charge is 0.251 e. The molecule has 174 valence electrons. The molecule has 0 bridgehead atoms. The lowest BCUT2D eigenvalue weighted by Gasteiger charge is -2.22. The van der Waals surface area contributed by atoms with Crippen molar-refractivity contribution in [3.8, 4) is 11.1 Å². The number of nitrogens with zero attached hydrogens (tertiary/aromatic N) is 1. The molecule has 0 aliphatic carbocycles. The van der Waals surface area contributed by atoms with Gasteiger partial charge in [-0.3, -0.25) is 4.79 Å². The Morgan fingerprint density at radius 3 is 2.03 bits per heavy atom. The van der Waals surface area contributed by atoms with Gasteiger partial charge < -0.3 is 10.2 Å². The predicted molar refractivity (Wildman–Crippen MR) is 147 cm³/mol. The van der Waals surface area contributed by atoms with Crippen molar-refractivity contribution in [1.82, 2.24) is 10.2 Å². The lowest BCUT2D eigenvalue weighted by atomic mass is 9.98. The average Bonchev–Trinajstić information content (AvgIpc) is 2.90. The van der Waals surface area contributed by atoms with Crippen LogP contribution in [0, 0.1) is 0 Å². The Morgan fingerprint density at radius 2 is 1.31 bits per heavy atom. The lowest BCUT2D eigenvalue weighted by Crippen LogP contribution is -2.31. The molecule has 3 nitrogen and oxygen atoms in total. The molecule has 35 heavy (non-hydrogen) atoms. The topological polar surface area (TPSA) is 32.3 Å². The number of nitrogens with one attached hydrogen (secondary N) is 1. The van der Waals surface area contributed by atoms with E-state index in [2.05, 4.69) is 115 Å². The van der Waals surface area contributed by atoms with E-state index in [0.29, 0.717) is 5.56 Å². The van der Waals surface area contributed by atoms with Gasteiger partial charge in [0.2, 0.25) is 0 Å². The van der Waals surface area contributed by atoms with Gasteiger partial charge in [-0.25, -0.2) is 0 Å². The molecule has 0 fully saturated rings. The van der Waals surface area contributed by atoms with Gasteiger partial charge in [-0.15, -0.1) is 0 Å². The van der Waals surface area contributed by atoms with Crippen molar-refractivity contribution in [3.63, 3.8) is 0 Å². The molecule has 1 N–H and O–H groups in total. The van der Waals surface area contributed by atoms with E-state index in [1.165, 1.54) is 21.5 Å². The van der Waals surface area contributed by atoms with Gasteiger partial charge in [0, 0.05) is 5.56 Å². The summed E-state index contributed by atoms with van der Waals surface area (Å²) in [5.74, 6) is -0.0513. The molecular formula is C32H30N2O. The van der Waals surface area contributed by atoms with E-state index in [1.807, 2.05) is 18.2 Å². The summed E-state index contributed by atoms with van der Waals surface area (Å²) in [5, 5.41) is 8.11. The van der Waals surface area contributed by atoms with Crippen LogP contribution in [0.1, 0.15) is 28.4 Å². The standard InChI is InChI=1S/C32H30N2O/c1-34(2)19-18-31(29-17-15-24-9-4-6-11-26(24)21-29)33-32(35)30-13-7-12-27(22-30)28-16-14-23-8-3-5-10-25(23)20-28/h3-17,20-22,31H,18-19H2,1-2H3,(H,33,35). The number of fused-ring (bicyclic) bond motifs is 2. The van der Waals surface area contributed by atoms with Crippen molar-refractivity contribution in [2.45, 2.75) is 12.5 Å². The molecule has 0 heterocycles. The van der Waals surface area contributed by atoms with Crippen LogP contribution in [0.2, 0.25) is 0 Å². The summed E-state index contributed by atoms with van der Waals surface area (Å²) in [6.07, 6.45) is 0.835. The van der Waals surface area contributed by atoms with Gasteiger partial charge >= 0.3 is 0 Å². The highest BCUT2D eigenvalue weighted by molar-refractivity contribution is 5.96. The summed E-state index contributed by atoms with van der Waals surface area (Å²) in [4.78, 5) is 15.6. The Balaban J connectivity index is 1.42. The van der Waals surface area contributed by atoms with Crippen LogP contribution in [0.15, 0.2) is 109 Å². The van der Waals surface area contributed by atoms with Crippen LogP contribution in [-0.2, 0) is 0 Å². The van der Waals surface area contributed by atoms with Gasteiger partial charge in [0.1, 0.15) is 0 Å². The van der Waals surface area contributed by atoms with Gasteiger partial charge in [-0.1, -0.05) is 84.9 Å². The van der Waals surface area contributed by atoms with E-state index < -0.39 is 0 Å². The summed E-state index contributed by atoms with van der Waals surface area (Å²) in [6, 6.07) is 37.4. The molecule has 0 spiro atoms. The minimum absolute atomic E-state index is 0.0513. The van der Waals surface area contributed by atoms with E-state index in [9.17, 15) is 4.79 Å². The maximum Gasteiger partial charge on any atom is 0.251 e. The second kappa shape index (κ2) is 10.1. The number of hydrogen-bond acceptors (Lipinski definition) is 2. The van der Waals surface area contributed by atoms with Crippen LogP contribution in [0.4, 0.5) is 0 Å². The van der Waals surface area contributed by atoms with E-state index in [1.54, 1.807) is 0 Å². The number of carbonyl (C=O) groups is 1. The largest absolute Gasteiger partial charge is 0.345 e. The van der Waals surface area contributed by atoms with Crippen LogP contribution in [0.25, 0.3) is 32.7 Å². The zero-order valence-electron chi connectivity index (χ0n) is 20.2. The van der Waals surface area contributed by atoms with E-state index in [4.69, 9.17) is 0 Å². The molecule has 5 rings (SSSR count). The zero-order chi connectivity index (χ0) is 24.2. The monoisotopic (exact) mass is 458 g/mol. The molecule has 1 atom stereocenters. The summed E-state index contributed by atoms with van der Waals surface area (Å²) in [7, 11) is 4.12. The predicted octanol–water partition coefficient (Wildman–Crippen LogP) is 7.08. The van der Waals surface area contributed by atoms with Gasteiger partial charge in [-0.2, -0.15) is 0 Å². The maximum absolute atomic E-state index is 13.4. The number of amides is 1. The molecular weight excluding hydrogens is 428 g/mol. The fraction of sp³-hybridized carbons (Fsp3) is 0.156. The van der Waals surface area contributed by atoms with Gasteiger partial charge in [-0.05, 0) is 89.6 Å². The number of rotatable bonds is 7. The minimum Gasteiger partial charge on any atom is -0.345 e. The summed E-state index contributed by atoms with van der Waals surface area (Å²) in [5.41, 5.74) is 3.95. The molecule has 3 heteroatoms. The molecule has 0 aliphatic heterocycles. The first-order valence-corrected chi connectivity index (χ1v) is 12.1. The van der Waals surface area contributed by atoms with Crippen LogP contribution >= 0.6 is 0 Å². The molecule has 5 aromatic carbocycles. The third kappa shape index (κ3) is 5.26. The molecule has 1 amide bonds. The molecule has 0 saturated carbocycles. The quantitative estimate of drug-likeness (QED) is 0.283. The molecule has 0 aliphatic rings. The number of hydrogen-bond donors (Lipinski definition) is 1. The van der Waals surface area contributed by atoms with E-state index in [0.717, 1.165) is 29.7 Å². The van der Waals surface area contributed by atoms with Gasteiger partial charge in [0.25, 0.3) is 5.91 Å². The first-order valence-electron chi connectivity index (χ1n) is 12.1. The van der Waals surface area contributed by atoms with Crippen LogP contribution in [-0.4, -0.2) is 31.4 Å². The van der Waals surface area contributed by atoms with Crippen LogP contribution in [0.5, 0.6) is 0 Å². The summed E-state index contributed by atoms with van der Waals surface area (Å²) < 4.78 is 0. The first-order chi connectivity index (χ1) is 17.1. The Morgan fingerprint density at radius 1 is 0.686 bits per heavy atom. The summed E-state index contributed by atoms with van der Waals surface area (Å²) in [6.45, 7) is 0.884. The van der Waals surface area contributed by atoms with Crippen LogP contribution in [0.3, 0.4) is 0 Å². The highest BCUT2D eigenvalue weighted by Crippen LogP contribution is 2.27. The Hall–Kier alpha value is -3.95. The van der Waals surface area contributed by atoms with E-state index in [-0.39, 0.29) is 11.9 Å². The third-order valence-corrected chi connectivity index (χ3v) is 6.55. The average molecular weight is 459 g/mol. The second-order valence-corrected chi connectivity index (χ2v) is 9.37. The minimum atomic E-state index is -0.0705. The zero-order valence-corrected chi connectivity index (χ0v) is 20.2. The Labute approximate surface area is 207 Å². The third-order valence-electron chi connectivity index (χ3n) is 6.55. The SMILES string of the molecule is CN(C)CCC(NC(=O)c1cccc(-c2ccc3ccccc3c2)c1)c1ccc2ccccc2c1. The van der Waals surface area contributed by atoms with E-state index >= 15 is 0 Å². The molecule has 1 unspecified atom stereocenters. The van der Waals surface area contributed by atoms with Crippen molar-refractivity contribution < 1.29 is 4.79 Å². The van der Waals surface area contributed by atoms with Crippen molar-refractivity contribution >= 4 is 27.5 Å². The van der Waals surface area contributed by atoms with Crippen LogP contribution < -0.4 is 5.32 Å². The normalized spacial score (nSPS) is 12.2. The summed E-state index contributed by atoms with van der Waals surface area (Å²) >= 11 is 0. The number of benzene rings is 5. The van der Waals surface area contributed by atoms with Crippen molar-refractivity contribution in [1.29, 1.82) is 0 Å². The number of carbonyl (C=O) groups excluding carboxylic acids is 1. The maximum atomic E-state index is 13.4. The first kappa shape index (κ1) is 22.8. The Kier molecular flexibility index (Phi) is 6.60. The molecule has 0 radical (unpaired) electrons. The fourth-order valence-electron chi connectivity index (χ4n) is 4.58. The highest BCUT2D eigenvalue weighted by atomic mass is 16.1. The van der Waals surface area contributed by atoms with Crippen molar-refractivity contribution in [3.05, 3.63) is 120 Å². The molecule has 0 saturated heterocycles. The molecule has 5 aromatic rings.